The summed E-state index contributed by atoms with van der Waals surface area (Å²) < 4.78 is 0. The van der Waals surface area contributed by atoms with Crippen LogP contribution in [0.15, 0.2) is 24.4 Å². The third-order valence-electron chi connectivity index (χ3n) is 1.66. The standard InChI is InChI=1S/C8H7BrN2/c9-4-6-1-2-8-7(3-6)5-10-11-8/h1-3,5H,4H2,(H,10,11)/p+1. The van der Waals surface area contributed by atoms with Crippen LogP contribution >= 0.6 is 15.9 Å². The molecule has 0 saturated heterocycles. The minimum atomic E-state index is 0. The largest absolute Gasteiger partial charge is 1.00 e. The molecule has 0 aliphatic rings. The number of aromatic amines is 1. The molecule has 2 aromatic rings. The molecule has 0 spiro atoms. The molecule has 0 aliphatic heterocycles. The Morgan fingerprint density at radius 3 is 3.27 bits per heavy atom. The number of nitrogens with zero attached hydrogens (tertiary/aromatic N) is 1. The van der Waals surface area contributed by atoms with Crippen molar-refractivity contribution in [3.05, 3.63) is 30.0 Å². The van der Waals surface area contributed by atoms with Gasteiger partial charge < -0.3 is 0 Å². The minimum absolute atomic E-state index is 0. The summed E-state index contributed by atoms with van der Waals surface area (Å²) in [5.74, 6) is 0. The summed E-state index contributed by atoms with van der Waals surface area (Å²) in [6.07, 6.45) is 1.83. The topological polar surface area (TPSA) is 28.7 Å². The van der Waals surface area contributed by atoms with E-state index in [1.807, 2.05) is 12.3 Å². The summed E-state index contributed by atoms with van der Waals surface area (Å²) in [5.41, 5.74) is 2.37. The molecule has 3 heteroatoms. The number of benzene rings is 1. The average Bonchev–Trinajstić information content (AvgIpc) is 2.50. The van der Waals surface area contributed by atoms with Crippen LogP contribution in [0.2, 0.25) is 0 Å². The Labute approximate surface area is 74.2 Å². The highest BCUT2D eigenvalue weighted by Crippen LogP contribution is 2.14. The van der Waals surface area contributed by atoms with E-state index < -0.39 is 0 Å². The van der Waals surface area contributed by atoms with Crippen LogP contribution in [-0.2, 0) is 5.33 Å². The number of aromatic nitrogens is 2. The average molecular weight is 212 g/mol. The number of H-pyrrole nitrogens is 1. The van der Waals surface area contributed by atoms with E-state index in [-0.39, 0.29) is 1.43 Å². The lowest BCUT2D eigenvalue weighted by molar-refractivity contribution is 1.12. The van der Waals surface area contributed by atoms with Crippen molar-refractivity contribution in [2.75, 3.05) is 0 Å². The highest BCUT2D eigenvalue weighted by atomic mass is 79.9. The minimum Gasteiger partial charge on any atom is -0.278 e. The van der Waals surface area contributed by atoms with Crippen molar-refractivity contribution in [2.45, 2.75) is 5.33 Å². The molecule has 1 N–H and O–H groups in total. The summed E-state index contributed by atoms with van der Waals surface area (Å²) >= 11 is 3.40. The normalized spacial score (nSPS) is 10.6. The van der Waals surface area contributed by atoms with Crippen LogP contribution in [0.1, 0.15) is 6.99 Å². The molecule has 0 unspecified atom stereocenters. The number of hydrogen-bond acceptors (Lipinski definition) is 1. The molecular weight excluding hydrogens is 204 g/mol. The van der Waals surface area contributed by atoms with Crippen LogP contribution in [-0.4, -0.2) is 10.2 Å². The molecule has 0 saturated carbocycles. The summed E-state index contributed by atoms with van der Waals surface area (Å²) in [6, 6.07) is 6.24. The van der Waals surface area contributed by atoms with Crippen molar-refractivity contribution in [3.8, 4) is 0 Å². The first kappa shape index (κ1) is 6.85. The lowest BCUT2D eigenvalue weighted by atomic mass is 10.2. The molecule has 1 aromatic carbocycles. The van der Waals surface area contributed by atoms with Crippen molar-refractivity contribution in [3.63, 3.8) is 0 Å². The fourth-order valence-corrected chi connectivity index (χ4v) is 1.42. The molecule has 0 aliphatic carbocycles. The summed E-state index contributed by atoms with van der Waals surface area (Å²) in [6.45, 7) is 0. The first-order valence-electron chi connectivity index (χ1n) is 3.38. The van der Waals surface area contributed by atoms with Crippen molar-refractivity contribution in [1.82, 2.24) is 10.2 Å². The molecule has 56 valence electrons. The van der Waals surface area contributed by atoms with Crippen LogP contribution in [0.25, 0.3) is 10.9 Å². The van der Waals surface area contributed by atoms with Crippen LogP contribution in [0.4, 0.5) is 0 Å². The Morgan fingerprint density at radius 2 is 2.45 bits per heavy atom. The molecule has 2 nitrogen and oxygen atoms in total. The van der Waals surface area contributed by atoms with Crippen LogP contribution in [0, 0.1) is 0 Å². The molecule has 0 radical (unpaired) electrons. The van der Waals surface area contributed by atoms with Gasteiger partial charge in [-0.1, -0.05) is 22.0 Å². The summed E-state index contributed by atoms with van der Waals surface area (Å²) in [4.78, 5) is 0. The lowest BCUT2D eigenvalue weighted by Crippen LogP contribution is -1.75. The first-order valence-corrected chi connectivity index (χ1v) is 4.50. The van der Waals surface area contributed by atoms with E-state index in [2.05, 4.69) is 38.3 Å². The van der Waals surface area contributed by atoms with Crippen molar-refractivity contribution in [2.24, 2.45) is 0 Å². The number of rotatable bonds is 1. The van der Waals surface area contributed by atoms with E-state index in [9.17, 15) is 0 Å². The highest BCUT2D eigenvalue weighted by Gasteiger charge is 1.95. The number of fused-ring (bicyclic) bond motifs is 1. The fraction of sp³-hybridized carbons (Fsp3) is 0.125. The summed E-state index contributed by atoms with van der Waals surface area (Å²) in [7, 11) is 0. The van der Waals surface area contributed by atoms with E-state index in [1.165, 1.54) is 10.9 Å². The fourth-order valence-electron chi connectivity index (χ4n) is 1.08. The second-order valence-corrected chi connectivity index (χ2v) is 2.99. The van der Waals surface area contributed by atoms with Crippen molar-refractivity contribution >= 4 is 26.8 Å². The maximum absolute atomic E-state index is 3.94. The Kier molecular flexibility index (Phi) is 1.66. The SMILES string of the molecule is BrCc1ccc2[nH]ncc2c1.[H+]. The Balaban J connectivity index is 0.000000720. The second-order valence-electron chi connectivity index (χ2n) is 2.43. The third-order valence-corrected chi connectivity index (χ3v) is 2.31. The van der Waals surface area contributed by atoms with E-state index in [0.717, 1.165) is 10.8 Å². The molecule has 0 bridgehead atoms. The molecular formula is C8H8BrN2+. The van der Waals surface area contributed by atoms with Gasteiger partial charge in [0.1, 0.15) is 0 Å². The second kappa shape index (κ2) is 2.66. The maximum atomic E-state index is 3.94. The van der Waals surface area contributed by atoms with Gasteiger partial charge in [-0.25, -0.2) is 0 Å². The van der Waals surface area contributed by atoms with E-state index in [1.54, 1.807) is 0 Å². The molecule has 0 fully saturated rings. The van der Waals surface area contributed by atoms with Gasteiger partial charge in [-0.05, 0) is 17.7 Å². The first-order chi connectivity index (χ1) is 5.40. The van der Waals surface area contributed by atoms with Gasteiger partial charge in [-0.3, -0.25) is 5.10 Å². The van der Waals surface area contributed by atoms with E-state index in [0.29, 0.717) is 0 Å². The van der Waals surface area contributed by atoms with Crippen LogP contribution in [0.5, 0.6) is 0 Å². The molecule has 11 heavy (non-hydrogen) atoms. The molecule has 2 rings (SSSR count). The summed E-state index contributed by atoms with van der Waals surface area (Å²) in [5, 5.41) is 8.91. The number of hydrogen-bond donors (Lipinski definition) is 1. The number of alkyl halides is 1. The number of nitrogens with one attached hydrogen (secondary N) is 1. The zero-order valence-corrected chi connectivity index (χ0v) is 7.43. The highest BCUT2D eigenvalue weighted by molar-refractivity contribution is 9.08. The van der Waals surface area contributed by atoms with E-state index >= 15 is 0 Å². The van der Waals surface area contributed by atoms with Gasteiger partial charge in [0.15, 0.2) is 0 Å². The van der Waals surface area contributed by atoms with Crippen molar-refractivity contribution < 1.29 is 1.43 Å². The third kappa shape index (κ3) is 1.16. The monoisotopic (exact) mass is 211 g/mol. The molecule has 1 heterocycles. The predicted molar refractivity (Wildman–Crippen MR) is 49.8 cm³/mol. The molecule has 1 aromatic heterocycles. The maximum Gasteiger partial charge on any atom is 1.00 e. The Morgan fingerprint density at radius 1 is 1.55 bits per heavy atom. The van der Waals surface area contributed by atoms with Crippen LogP contribution in [0.3, 0.4) is 0 Å². The van der Waals surface area contributed by atoms with Gasteiger partial charge >= 0.3 is 1.43 Å². The van der Waals surface area contributed by atoms with Gasteiger partial charge in [0.2, 0.25) is 0 Å². The predicted octanol–water partition coefficient (Wildman–Crippen LogP) is 2.57. The smallest absolute Gasteiger partial charge is 0.278 e. The van der Waals surface area contributed by atoms with Gasteiger partial charge in [0.25, 0.3) is 0 Å². The van der Waals surface area contributed by atoms with Gasteiger partial charge in [-0.15, -0.1) is 0 Å². The number of halogens is 1. The van der Waals surface area contributed by atoms with Gasteiger partial charge in [-0.2, -0.15) is 5.10 Å². The Bertz CT molecular complexity index is 372. The molecule has 0 atom stereocenters. The van der Waals surface area contributed by atoms with E-state index in [4.69, 9.17) is 0 Å². The van der Waals surface area contributed by atoms with Crippen molar-refractivity contribution in [1.29, 1.82) is 0 Å². The lowest BCUT2D eigenvalue weighted by Gasteiger charge is -1.92. The Hall–Kier alpha value is -0.830. The molecule has 0 amide bonds. The zero-order chi connectivity index (χ0) is 7.68. The van der Waals surface area contributed by atoms with Crippen LogP contribution < -0.4 is 0 Å². The van der Waals surface area contributed by atoms with Gasteiger partial charge in [0.05, 0.1) is 11.7 Å². The zero-order valence-electron chi connectivity index (χ0n) is 6.84. The van der Waals surface area contributed by atoms with Gasteiger partial charge in [0, 0.05) is 10.7 Å². The quantitative estimate of drug-likeness (QED) is 0.723.